The van der Waals surface area contributed by atoms with Crippen molar-refractivity contribution in [3.8, 4) is 0 Å². The van der Waals surface area contributed by atoms with E-state index in [0.29, 0.717) is 10.7 Å². The molecule has 0 aliphatic heterocycles. The zero-order valence-corrected chi connectivity index (χ0v) is 13.3. The van der Waals surface area contributed by atoms with Gasteiger partial charge in [0.05, 0.1) is 20.4 Å². The number of amides is 1. The summed E-state index contributed by atoms with van der Waals surface area (Å²) in [5, 5.41) is 11.9. The number of carbonyl (C=O) groups excluding carboxylic acids is 1. The van der Waals surface area contributed by atoms with Crippen LogP contribution in [0.1, 0.15) is 45.2 Å². The Morgan fingerprint density at radius 1 is 1.43 bits per heavy atom. The SMILES string of the molecule is O=C(O)c1cnc(C2(NC(=O)c3ccc(Br)s3)CCC2)[nH]1. The van der Waals surface area contributed by atoms with E-state index in [2.05, 4.69) is 31.2 Å². The summed E-state index contributed by atoms with van der Waals surface area (Å²) < 4.78 is 0.890. The number of H-pyrrole nitrogens is 1. The van der Waals surface area contributed by atoms with Crippen molar-refractivity contribution in [2.75, 3.05) is 0 Å². The van der Waals surface area contributed by atoms with E-state index in [0.717, 1.165) is 23.0 Å². The predicted octanol–water partition coefficient (Wildman–Crippen LogP) is 2.74. The Labute approximate surface area is 132 Å². The molecule has 1 amide bonds. The Bertz CT molecular complexity index is 705. The number of aromatic amines is 1. The number of carboxylic acids is 1. The molecule has 2 aromatic heterocycles. The van der Waals surface area contributed by atoms with Gasteiger partial charge in [-0.1, -0.05) is 0 Å². The van der Waals surface area contributed by atoms with E-state index < -0.39 is 11.5 Å². The van der Waals surface area contributed by atoms with E-state index >= 15 is 0 Å². The van der Waals surface area contributed by atoms with Gasteiger partial charge in [0.1, 0.15) is 11.5 Å². The number of imidazole rings is 1. The van der Waals surface area contributed by atoms with Crippen LogP contribution in [0, 0.1) is 0 Å². The smallest absolute Gasteiger partial charge is 0.353 e. The lowest BCUT2D eigenvalue weighted by Crippen LogP contribution is -2.51. The van der Waals surface area contributed by atoms with Gasteiger partial charge < -0.3 is 15.4 Å². The molecule has 0 saturated heterocycles. The average Bonchev–Trinajstić information content (AvgIpc) is 3.02. The van der Waals surface area contributed by atoms with Crippen molar-refractivity contribution >= 4 is 39.1 Å². The Kier molecular flexibility index (Phi) is 3.58. The predicted molar refractivity (Wildman–Crippen MR) is 80.6 cm³/mol. The van der Waals surface area contributed by atoms with Gasteiger partial charge in [0, 0.05) is 0 Å². The first-order chi connectivity index (χ1) is 10.00. The van der Waals surface area contributed by atoms with E-state index in [-0.39, 0.29) is 11.6 Å². The first-order valence-electron chi connectivity index (χ1n) is 6.37. The molecule has 110 valence electrons. The quantitative estimate of drug-likeness (QED) is 0.771. The molecule has 6 nitrogen and oxygen atoms in total. The molecule has 3 rings (SSSR count). The summed E-state index contributed by atoms with van der Waals surface area (Å²) in [7, 11) is 0. The summed E-state index contributed by atoms with van der Waals surface area (Å²) in [6.07, 6.45) is 3.75. The number of halogens is 1. The van der Waals surface area contributed by atoms with Crippen LogP contribution in [0.5, 0.6) is 0 Å². The molecule has 0 atom stereocenters. The fraction of sp³-hybridized carbons (Fsp3) is 0.308. The minimum Gasteiger partial charge on any atom is -0.477 e. The second-order valence-electron chi connectivity index (χ2n) is 4.94. The van der Waals surface area contributed by atoms with Crippen molar-refractivity contribution in [1.29, 1.82) is 0 Å². The third kappa shape index (κ3) is 2.60. The van der Waals surface area contributed by atoms with Crippen molar-refractivity contribution < 1.29 is 14.7 Å². The summed E-state index contributed by atoms with van der Waals surface area (Å²) in [6.45, 7) is 0. The van der Waals surface area contributed by atoms with Crippen molar-refractivity contribution in [3.05, 3.63) is 38.5 Å². The van der Waals surface area contributed by atoms with E-state index in [1.165, 1.54) is 17.5 Å². The standard InChI is InChI=1S/C13H12BrN3O3S/c14-9-3-2-8(21-9)10(18)17-13(4-1-5-13)12-15-6-7(16-12)11(19)20/h2-3,6H,1,4-5H2,(H,15,16)(H,17,18)(H,19,20). The van der Waals surface area contributed by atoms with Gasteiger partial charge in [-0.05, 0) is 47.3 Å². The first-order valence-corrected chi connectivity index (χ1v) is 7.98. The Balaban J connectivity index is 1.83. The lowest BCUT2D eigenvalue weighted by Gasteiger charge is -2.40. The van der Waals surface area contributed by atoms with Crippen LogP contribution in [0.25, 0.3) is 0 Å². The fourth-order valence-electron chi connectivity index (χ4n) is 2.34. The number of nitrogens with zero attached hydrogens (tertiary/aromatic N) is 1. The van der Waals surface area contributed by atoms with Crippen molar-refractivity contribution in [2.24, 2.45) is 0 Å². The highest BCUT2D eigenvalue weighted by Crippen LogP contribution is 2.40. The van der Waals surface area contributed by atoms with Gasteiger partial charge in [0.2, 0.25) is 0 Å². The molecular formula is C13H12BrN3O3S. The molecule has 2 aromatic rings. The number of nitrogens with one attached hydrogen (secondary N) is 2. The maximum atomic E-state index is 12.3. The van der Waals surface area contributed by atoms with Crippen LogP contribution >= 0.6 is 27.3 Å². The van der Waals surface area contributed by atoms with Gasteiger partial charge in [-0.25, -0.2) is 9.78 Å². The summed E-state index contributed by atoms with van der Waals surface area (Å²) in [4.78, 5) is 30.8. The largest absolute Gasteiger partial charge is 0.477 e. The number of hydrogen-bond donors (Lipinski definition) is 3. The van der Waals surface area contributed by atoms with Crippen LogP contribution < -0.4 is 5.32 Å². The lowest BCUT2D eigenvalue weighted by molar-refractivity contribution is 0.0690. The second kappa shape index (κ2) is 5.27. The molecule has 1 saturated carbocycles. The number of carbonyl (C=O) groups is 2. The molecule has 2 heterocycles. The van der Waals surface area contributed by atoms with Crippen molar-refractivity contribution in [3.63, 3.8) is 0 Å². The second-order valence-corrected chi connectivity index (χ2v) is 7.41. The highest BCUT2D eigenvalue weighted by atomic mass is 79.9. The number of carboxylic acid groups (broad SMARTS) is 1. The third-order valence-corrected chi connectivity index (χ3v) is 5.24. The number of aromatic carboxylic acids is 1. The number of thiophene rings is 1. The highest BCUT2D eigenvalue weighted by Gasteiger charge is 2.43. The van der Waals surface area contributed by atoms with Crippen LogP contribution in [0.3, 0.4) is 0 Å². The third-order valence-electron chi connectivity index (χ3n) is 3.62. The van der Waals surface area contributed by atoms with Gasteiger partial charge in [-0.3, -0.25) is 4.79 Å². The molecule has 3 N–H and O–H groups in total. The van der Waals surface area contributed by atoms with Gasteiger partial charge in [0.25, 0.3) is 5.91 Å². The molecule has 0 bridgehead atoms. The molecule has 0 unspecified atom stereocenters. The normalized spacial score (nSPS) is 16.2. The van der Waals surface area contributed by atoms with E-state index in [9.17, 15) is 9.59 Å². The zero-order chi connectivity index (χ0) is 15.0. The molecule has 1 fully saturated rings. The Hall–Kier alpha value is -1.67. The molecule has 1 aliphatic carbocycles. The Morgan fingerprint density at radius 3 is 2.67 bits per heavy atom. The Morgan fingerprint density at radius 2 is 2.19 bits per heavy atom. The average molecular weight is 370 g/mol. The zero-order valence-electron chi connectivity index (χ0n) is 10.9. The van der Waals surface area contributed by atoms with Crippen LogP contribution in [-0.2, 0) is 5.54 Å². The molecular weight excluding hydrogens is 358 g/mol. The minimum atomic E-state index is -1.06. The van der Waals surface area contributed by atoms with Crippen LogP contribution in [0.15, 0.2) is 22.1 Å². The van der Waals surface area contributed by atoms with E-state index in [1.54, 1.807) is 6.07 Å². The van der Waals surface area contributed by atoms with Gasteiger partial charge in [-0.2, -0.15) is 0 Å². The maximum Gasteiger partial charge on any atom is 0.353 e. The monoisotopic (exact) mass is 369 g/mol. The van der Waals surface area contributed by atoms with E-state index in [4.69, 9.17) is 5.11 Å². The molecule has 0 spiro atoms. The molecule has 1 aliphatic rings. The summed E-state index contributed by atoms with van der Waals surface area (Å²) >= 11 is 4.69. The highest BCUT2D eigenvalue weighted by molar-refractivity contribution is 9.11. The fourth-order valence-corrected chi connectivity index (χ4v) is 3.62. The van der Waals surface area contributed by atoms with Crippen LogP contribution in [0.4, 0.5) is 0 Å². The van der Waals surface area contributed by atoms with Gasteiger partial charge in [-0.15, -0.1) is 11.3 Å². The minimum absolute atomic E-state index is 0.0318. The molecule has 21 heavy (non-hydrogen) atoms. The van der Waals surface area contributed by atoms with Crippen molar-refractivity contribution in [2.45, 2.75) is 24.8 Å². The first kappa shape index (κ1) is 14.3. The molecule has 8 heteroatoms. The number of aromatic nitrogens is 2. The van der Waals surface area contributed by atoms with Gasteiger partial charge in [0.15, 0.2) is 0 Å². The number of rotatable bonds is 4. The topological polar surface area (TPSA) is 95.1 Å². The van der Waals surface area contributed by atoms with Gasteiger partial charge >= 0.3 is 5.97 Å². The van der Waals surface area contributed by atoms with E-state index in [1.807, 2.05) is 6.07 Å². The van der Waals surface area contributed by atoms with Crippen LogP contribution in [0.2, 0.25) is 0 Å². The summed E-state index contributed by atoms with van der Waals surface area (Å²) in [6, 6.07) is 3.57. The summed E-state index contributed by atoms with van der Waals surface area (Å²) in [5.74, 6) is -0.717. The molecule has 0 radical (unpaired) electrons. The summed E-state index contributed by atoms with van der Waals surface area (Å²) in [5.41, 5.74) is -0.550. The maximum absolute atomic E-state index is 12.3. The lowest BCUT2D eigenvalue weighted by atomic mass is 9.76. The van der Waals surface area contributed by atoms with Crippen LogP contribution in [-0.4, -0.2) is 27.0 Å². The number of hydrogen-bond acceptors (Lipinski definition) is 4. The molecule has 0 aromatic carbocycles. The van der Waals surface area contributed by atoms with Crippen molar-refractivity contribution in [1.82, 2.24) is 15.3 Å².